The Balaban J connectivity index is 1.51. The molecule has 1 N–H and O–H groups in total. The second-order valence-corrected chi connectivity index (χ2v) is 11.5. The van der Waals surface area contributed by atoms with Crippen LogP contribution in [0.4, 0.5) is 10.5 Å². The van der Waals surface area contributed by atoms with Crippen molar-refractivity contribution in [2.24, 2.45) is 0 Å². The molecular formula is C26H19Br2IN2O5S. The Morgan fingerprint density at radius 2 is 1.78 bits per heavy atom. The van der Waals surface area contributed by atoms with Gasteiger partial charge in [0.15, 0.2) is 11.5 Å². The van der Waals surface area contributed by atoms with Gasteiger partial charge in [-0.25, -0.2) is 0 Å². The monoisotopic (exact) mass is 756 g/mol. The van der Waals surface area contributed by atoms with Crippen molar-refractivity contribution < 1.29 is 23.9 Å². The van der Waals surface area contributed by atoms with Crippen molar-refractivity contribution in [1.82, 2.24) is 4.90 Å². The lowest BCUT2D eigenvalue weighted by Crippen LogP contribution is -2.36. The average Bonchev–Trinajstić information content (AvgIpc) is 3.15. The minimum absolute atomic E-state index is 0.194. The van der Waals surface area contributed by atoms with Gasteiger partial charge in [-0.05, 0) is 114 Å². The molecule has 3 amide bonds. The number of nitrogens with one attached hydrogen (secondary N) is 1. The van der Waals surface area contributed by atoms with E-state index in [1.54, 1.807) is 24.3 Å². The number of ether oxygens (including phenoxy) is 2. The van der Waals surface area contributed by atoms with Crippen LogP contribution < -0.4 is 14.8 Å². The number of rotatable bonds is 8. The van der Waals surface area contributed by atoms with Gasteiger partial charge in [0.1, 0.15) is 13.2 Å². The summed E-state index contributed by atoms with van der Waals surface area (Å²) in [5.41, 5.74) is 2.18. The summed E-state index contributed by atoms with van der Waals surface area (Å²) in [5.74, 6) is -0.0569. The van der Waals surface area contributed by atoms with E-state index in [9.17, 15) is 14.4 Å². The normalized spacial score (nSPS) is 14.3. The number of anilines is 1. The molecule has 1 aliphatic heterocycles. The van der Waals surface area contributed by atoms with Crippen molar-refractivity contribution in [1.29, 1.82) is 0 Å². The zero-order valence-corrected chi connectivity index (χ0v) is 25.4. The van der Waals surface area contributed by atoms with Gasteiger partial charge in [-0.1, -0.05) is 30.3 Å². The third-order valence-corrected chi connectivity index (χ3v) is 8.96. The number of halogens is 3. The predicted molar refractivity (Wildman–Crippen MR) is 160 cm³/mol. The van der Waals surface area contributed by atoms with Crippen molar-refractivity contribution in [2.45, 2.75) is 6.61 Å². The lowest BCUT2D eigenvalue weighted by Gasteiger charge is -2.16. The van der Waals surface area contributed by atoms with E-state index in [2.05, 4.69) is 59.8 Å². The number of carbonyl (C=O) groups is 3. The summed E-state index contributed by atoms with van der Waals surface area (Å²) in [7, 11) is 1.52. The van der Waals surface area contributed by atoms with Crippen LogP contribution in [0.3, 0.4) is 0 Å². The van der Waals surface area contributed by atoms with Gasteiger partial charge in [0, 0.05) is 13.7 Å². The lowest BCUT2D eigenvalue weighted by atomic mass is 10.1. The topological polar surface area (TPSA) is 84.9 Å². The van der Waals surface area contributed by atoms with Crippen LogP contribution in [-0.2, 0) is 16.2 Å². The van der Waals surface area contributed by atoms with E-state index in [-0.39, 0.29) is 11.4 Å². The lowest BCUT2D eigenvalue weighted by molar-refractivity contribution is -0.127. The molecule has 1 heterocycles. The van der Waals surface area contributed by atoms with E-state index in [0.29, 0.717) is 38.3 Å². The largest absolute Gasteiger partial charge is 0.493 e. The van der Waals surface area contributed by atoms with Crippen LogP contribution in [0.25, 0.3) is 6.08 Å². The number of nitrogens with zero attached hydrogens (tertiary/aromatic N) is 1. The Hall–Kier alpha value is -2.35. The molecule has 1 saturated heterocycles. The molecule has 11 heteroatoms. The number of benzene rings is 3. The fourth-order valence-corrected chi connectivity index (χ4v) is 5.52. The zero-order valence-electron chi connectivity index (χ0n) is 19.3. The standard InChI is InChI=1S/C26H19Br2IN2O5S/c1-35-19-11-16(22(27)23(28)24(19)36-14-15-5-3-2-4-6-15)12-20-25(33)31(26(34)37-20)13-21(32)30-18-9-7-17(29)8-10-18/h2-12H,13-14H2,1H3,(H,30,32)/b20-12-. The second kappa shape index (κ2) is 12.5. The molecule has 37 heavy (non-hydrogen) atoms. The Labute approximate surface area is 248 Å². The maximum absolute atomic E-state index is 13.0. The van der Waals surface area contributed by atoms with Gasteiger partial charge in [0.2, 0.25) is 5.91 Å². The van der Waals surface area contributed by atoms with Crippen molar-refractivity contribution >= 4 is 95.0 Å². The van der Waals surface area contributed by atoms with Crippen molar-refractivity contribution in [2.75, 3.05) is 19.0 Å². The minimum Gasteiger partial charge on any atom is -0.493 e. The van der Waals surface area contributed by atoms with Crippen LogP contribution >= 0.6 is 66.2 Å². The van der Waals surface area contributed by atoms with Gasteiger partial charge >= 0.3 is 0 Å². The number of hydrogen-bond donors (Lipinski definition) is 1. The van der Waals surface area contributed by atoms with Crippen molar-refractivity contribution in [3.63, 3.8) is 0 Å². The van der Waals surface area contributed by atoms with Crippen LogP contribution in [-0.4, -0.2) is 35.6 Å². The van der Waals surface area contributed by atoms with Gasteiger partial charge < -0.3 is 14.8 Å². The van der Waals surface area contributed by atoms with Crippen molar-refractivity contribution in [3.05, 3.63) is 89.2 Å². The van der Waals surface area contributed by atoms with Gasteiger partial charge in [-0.3, -0.25) is 19.3 Å². The molecule has 0 atom stereocenters. The summed E-state index contributed by atoms with van der Waals surface area (Å²) < 4.78 is 13.8. The van der Waals surface area contributed by atoms with E-state index in [0.717, 1.165) is 25.8 Å². The molecule has 7 nitrogen and oxygen atoms in total. The highest BCUT2D eigenvalue weighted by Gasteiger charge is 2.36. The number of amides is 3. The first kappa shape index (κ1) is 27.7. The highest BCUT2D eigenvalue weighted by Crippen LogP contribution is 2.44. The molecule has 0 radical (unpaired) electrons. The fourth-order valence-electron chi connectivity index (χ4n) is 3.38. The van der Waals surface area contributed by atoms with Gasteiger partial charge in [0.25, 0.3) is 11.1 Å². The highest BCUT2D eigenvalue weighted by molar-refractivity contribution is 14.1. The number of hydrogen-bond acceptors (Lipinski definition) is 6. The maximum atomic E-state index is 13.0. The predicted octanol–water partition coefficient (Wildman–Crippen LogP) is 7.08. The molecule has 0 spiro atoms. The molecule has 3 aromatic carbocycles. The summed E-state index contributed by atoms with van der Waals surface area (Å²) in [6.45, 7) is -0.0425. The third kappa shape index (κ3) is 6.75. The first-order valence-electron chi connectivity index (χ1n) is 10.8. The number of methoxy groups -OCH3 is 1. The Morgan fingerprint density at radius 3 is 2.46 bits per heavy atom. The molecule has 3 aromatic rings. The summed E-state index contributed by atoms with van der Waals surface area (Å²) >= 11 is 10.0. The Bertz CT molecular complexity index is 1380. The zero-order chi connectivity index (χ0) is 26.5. The number of imide groups is 1. The van der Waals surface area contributed by atoms with Crippen LogP contribution in [0, 0.1) is 3.57 Å². The minimum atomic E-state index is -0.542. The summed E-state index contributed by atoms with van der Waals surface area (Å²) in [4.78, 5) is 39.1. The van der Waals surface area contributed by atoms with E-state index in [1.165, 1.54) is 7.11 Å². The quantitative estimate of drug-likeness (QED) is 0.196. The SMILES string of the molecule is COc1cc(/C=C2\SC(=O)N(CC(=O)Nc3ccc(I)cc3)C2=O)c(Br)c(Br)c1OCc1ccccc1. The van der Waals surface area contributed by atoms with Gasteiger partial charge in [-0.15, -0.1) is 0 Å². The van der Waals surface area contributed by atoms with E-state index in [4.69, 9.17) is 9.47 Å². The first-order valence-corrected chi connectivity index (χ1v) is 14.3. The molecule has 0 aliphatic carbocycles. The fraction of sp³-hybridized carbons (Fsp3) is 0.115. The van der Waals surface area contributed by atoms with E-state index in [1.807, 2.05) is 42.5 Å². The molecule has 0 saturated carbocycles. The van der Waals surface area contributed by atoms with Crippen LogP contribution in [0.2, 0.25) is 0 Å². The second-order valence-electron chi connectivity index (χ2n) is 7.72. The van der Waals surface area contributed by atoms with Crippen LogP contribution in [0.15, 0.2) is 74.5 Å². The molecule has 0 unspecified atom stereocenters. The molecule has 1 fully saturated rings. The molecule has 0 aromatic heterocycles. The van der Waals surface area contributed by atoms with Gasteiger partial charge in [-0.2, -0.15) is 0 Å². The van der Waals surface area contributed by atoms with Crippen LogP contribution in [0.5, 0.6) is 11.5 Å². The molecular weight excluding hydrogens is 739 g/mol. The van der Waals surface area contributed by atoms with Crippen LogP contribution in [0.1, 0.15) is 11.1 Å². The average molecular weight is 758 g/mol. The Morgan fingerprint density at radius 1 is 1.08 bits per heavy atom. The third-order valence-electron chi connectivity index (χ3n) is 5.19. The number of carbonyl (C=O) groups excluding carboxylic acids is 3. The maximum Gasteiger partial charge on any atom is 0.294 e. The Kier molecular flexibility index (Phi) is 9.32. The van der Waals surface area contributed by atoms with E-state index >= 15 is 0 Å². The summed E-state index contributed by atoms with van der Waals surface area (Å²) in [5, 5.41) is 2.19. The molecule has 4 rings (SSSR count). The summed E-state index contributed by atoms with van der Waals surface area (Å²) in [6, 6.07) is 18.6. The first-order chi connectivity index (χ1) is 17.8. The van der Waals surface area contributed by atoms with E-state index < -0.39 is 17.1 Å². The highest BCUT2D eigenvalue weighted by atomic mass is 127. The van der Waals surface area contributed by atoms with Gasteiger partial charge in [0.05, 0.1) is 16.5 Å². The summed E-state index contributed by atoms with van der Waals surface area (Å²) in [6.07, 6.45) is 1.58. The number of thioether (sulfide) groups is 1. The molecule has 0 bridgehead atoms. The van der Waals surface area contributed by atoms with Crippen molar-refractivity contribution in [3.8, 4) is 11.5 Å². The smallest absolute Gasteiger partial charge is 0.294 e. The molecule has 1 aliphatic rings. The molecule has 190 valence electrons.